The molecule has 0 spiro atoms. The van der Waals surface area contributed by atoms with Crippen molar-refractivity contribution in [2.75, 3.05) is 31.1 Å². The van der Waals surface area contributed by atoms with Gasteiger partial charge in [-0.1, -0.05) is 5.16 Å². The Kier molecular flexibility index (Phi) is 4.56. The van der Waals surface area contributed by atoms with Gasteiger partial charge in [0, 0.05) is 31.7 Å². The largest absolute Gasteiger partial charge is 0.324 e. The van der Waals surface area contributed by atoms with E-state index in [9.17, 15) is 0 Å². The molecule has 6 nitrogen and oxygen atoms in total. The van der Waals surface area contributed by atoms with Gasteiger partial charge >= 0.3 is 6.01 Å². The lowest BCUT2D eigenvalue weighted by Crippen LogP contribution is -2.43. The van der Waals surface area contributed by atoms with Crippen molar-refractivity contribution in [3.63, 3.8) is 0 Å². The van der Waals surface area contributed by atoms with Crippen molar-refractivity contribution in [2.45, 2.75) is 0 Å². The maximum atomic E-state index is 8.76. The lowest BCUT2D eigenvalue weighted by atomic mass is 10.1. The van der Waals surface area contributed by atoms with Crippen LogP contribution >= 0.6 is 12.4 Å². The molecule has 7 heteroatoms. The van der Waals surface area contributed by atoms with Gasteiger partial charge < -0.3 is 14.7 Å². The minimum Gasteiger partial charge on any atom is -0.322 e. The Labute approximate surface area is 122 Å². The molecule has 0 aliphatic carbocycles. The van der Waals surface area contributed by atoms with Crippen molar-refractivity contribution in [3.05, 3.63) is 29.8 Å². The highest BCUT2D eigenvalue weighted by molar-refractivity contribution is 5.85. The van der Waals surface area contributed by atoms with Gasteiger partial charge in [-0.2, -0.15) is 10.2 Å². The quantitative estimate of drug-likeness (QED) is 0.902. The van der Waals surface area contributed by atoms with Crippen molar-refractivity contribution in [3.8, 4) is 17.5 Å². The first-order chi connectivity index (χ1) is 9.36. The zero-order valence-corrected chi connectivity index (χ0v) is 11.6. The summed E-state index contributed by atoms with van der Waals surface area (Å²) in [6.07, 6.45) is 0. The van der Waals surface area contributed by atoms with E-state index in [1.165, 1.54) is 0 Å². The summed E-state index contributed by atoms with van der Waals surface area (Å²) in [6.45, 7) is 3.59. The summed E-state index contributed by atoms with van der Waals surface area (Å²) >= 11 is 0. The van der Waals surface area contributed by atoms with Gasteiger partial charge in [0.15, 0.2) is 0 Å². The molecule has 1 aliphatic rings. The number of aromatic nitrogens is 2. The van der Waals surface area contributed by atoms with Crippen molar-refractivity contribution in [1.29, 1.82) is 5.26 Å². The van der Waals surface area contributed by atoms with Crippen LogP contribution in [0, 0.1) is 11.3 Å². The van der Waals surface area contributed by atoms with Crippen LogP contribution in [0.25, 0.3) is 11.4 Å². The highest BCUT2D eigenvalue weighted by Crippen LogP contribution is 2.20. The molecular formula is C13H14ClN5O. The van der Waals surface area contributed by atoms with Crippen LogP contribution in [-0.2, 0) is 0 Å². The molecule has 0 radical (unpaired) electrons. The van der Waals surface area contributed by atoms with Gasteiger partial charge in [-0.3, -0.25) is 0 Å². The summed E-state index contributed by atoms with van der Waals surface area (Å²) in [5.41, 5.74) is 1.47. The molecule has 2 aromatic rings. The van der Waals surface area contributed by atoms with Crippen LogP contribution in [0.5, 0.6) is 0 Å². The van der Waals surface area contributed by atoms with E-state index in [2.05, 4.69) is 26.4 Å². The molecule has 1 N–H and O–H groups in total. The normalized spacial score (nSPS) is 14.4. The number of benzene rings is 1. The molecular weight excluding hydrogens is 278 g/mol. The fourth-order valence-corrected chi connectivity index (χ4v) is 2.01. The Morgan fingerprint density at radius 2 is 1.90 bits per heavy atom. The van der Waals surface area contributed by atoms with Crippen LogP contribution in [0.3, 0.4) is 0 Å². The second kappa shape index (κ2) is 6.37. The van der Waals surface area contributed by atoms with Crippen LogP contribution in [-0.4, -0.2) is 36.3 Å². The fourth-order valence-electron chi connectivity index (χ4n) is 2.01. The summed E-state index contributed by atoms with van der Waals surface area (Å²) in [6, 6.07) is 9.78. The third-order valence-electron chi connectivity index (χ3n) is 3.08. The van der Waals surface area contributed by atoms with Crippen LogP contribution in [0.15, 0.2) is 28.8 Å². The van der Waals surface area contributed by atoms with Crippen LogP contribution in [0.1, 0.15) is 5.56 Å². The van der Waals surface area contributed by atoms with Crippen LogP contribution < -0.4 is 10.2 Å². The van der Waals surface area contributed by atoms with Gasteiger partial charge in [0.25, 0.3) is 0 Å². The summed E-state index contributed by atoms with van der Waals surface area (Å²) in [5.74, 6) is 0.554. The molecule has 1 aliphatic heterocycles. The molecule has 1 aromatic carbocycles. The Balaban J connectivity index is 0.00000147. The highest BCUT2D eigenvalue weighted by Gasteiger charge is 2.17. The first kappa shape index (κ1) is 14.3. The monoisotopic (exact) mass is 291 g/mol. The lowest BCUT2D eigenvalue weighted by Gasteiger charge is -2.24. The first-order valence-corrected chi connectivity index (χ1v) is 6.17. The van der Waals surface area contributed by atoms with Gasteiger partial charge in [-0.15, -0.1) is 12.4 Å². The van der Waals surface area contributed by atoms with E-state index in [4.69, 9.17) is 9.78 Å². The Hall–Kier alpha value is -2.10. The Morgan fingerprint density at radius 1 is 1.20 bits per heavy atom. The average molecular weight is 292 g/mol. The SMILES string of the molecule is Cl.N#Cc1ccc(-c2noc(N3CCNCC3)n2)cc1. The summed E-state index contributed by atoms with van der Waals surface area (Å²) < 4.78 is 5.29. The molecule has 20 heavy (non-hydrogen) atoms. The summed E-state index contributed by atoms with van der Waals surface area (Å²) in [7, 11) is 0. The average Bonchev–Trinajstić information content (AvgIpc) is 2.98. The molecule has 1 fully saturated rings. The lowest BCUT2D eigenvalue weighted by molar-refractivity contribution is 0.405. The van der Waals surface area contributed by atoms with Gasteiger partial charge in [0.1, 0.15) is 0 Å². The molecule has 3 rings (SSSR count). The number of hydrogen-bond acceptors (Lipinski definition) is 6. The second-order valence-electron chi connectivity index (χ2n) is 4.33. The fraction of sp³-hybridized carbons (Fsp3) is 0.308. The van der Waals surface area contributed by atoms with E-state index in [0.717, 1.165) is 31.7 Å². The van der Waals surface area contributed by atoms with Crippen molar-refractivity contribution >= 4 is 18.4 Å². The summed E-state index contributed by atoms with van der Waals surface area (Å²) in [5, 5.41) is 16.0. The zero-order chi connectivity index (χ0) is 13.1. The number of nitriles is 1. The molecule has 2 heterocycles. The number of hydrogen-bond donors (Lipinski definition) is 1. The first-order valence-electron chi connectivity index (χ1n) is 6.17. The maximum Gasteiger partial charge on any atom is 0.324 e. The van der Waals surface area contributed by atoms with E-state index in [1.807, 2.05) is 12.1 Å². The number of nitrogens with zero attached hydrogens (tertiary/aromatic N) is 4. The molecule has 0 saturated carbocycles. The van der Waals surface area contributed by atoms with Crippen LogP contribution in [0.2, 0.25) is 0 Å². The number of nitrogens with one attached hydrogen (secondary N) is 1. The summed E-state index contributed by atoms with van der Waals surface area (Å²) in [4.78, 5) is 6.46. The topological polar surface area (TPSA) is 78.0 Å². The van der Waals surface area contributed by atoms with E-state index in [-0.39, 0.29) is 12.4 Å². The van der Waals surface area contributed by atoms with Crippen LogP contribution in [0.4, 0.5) is 6.01 Å². The standard InChI is InChI=1S/C13H13N5O.ClH/c14-9-10-1-3-11(4-2-10)12-16-13(19-17-12)18-7-5-15-6-8-18;/h1-4,15H,5-8H2;1H. The number of anilines is 1. The van der Waals surface area contributed by atoms with Gasteiger partial charge in [0.2, 0.25) is 5.82 Å². The molecule has 1 aromatic heterocycles. The Bertz CT molecular complexity index is 598. The number of piperazine rings is 1. The predicted octanol–water partition coefficient (Wildman–Crippen LogP) is 1.44. The molecule has 104 valence electrons. The smallest absolute Gasteiger partial charge is 0.322 e. The van der Waals surface area contributed by atoms with Crippen molar-refractivity contribution in [2.24, 2.45) is 0 Å². The van der Waals surface area contributed by atoms with Gasteiger partial charge in [-0.25, -0.2) is 0 Å². The minimum absolute atomic E-state index is 0. The van der Waals surface area contributed by atoms with E-state index >= 15 is 0 Å². The van der Waals surface area contributed by atoms with E-state index < -0.39 is 0 Å². The maximum absolute atomic E-state index is 8.76. The Morgan fingerprint density at radius 3 is 2.55 bits per heavy atom. The molecule has 1 saturated heterocycles. The van der Waals surface area contributed by atoms with E-state index in [1.54, 1.807) is 12.1 Å². The third-order valence-corrected chi connectivity index (χ3v) is 3.08. The highest BCUT2D eigenvalue weighted by atomic mass is 35.5. The van der Waals surface area contributed by atoms with Crippen molar-refractivity contribution in [1.82, 2.24) is 15.5 Å². The molecule has 0 unspecified atom stereocenters. The number of halogens is 1. The molecule has 0 amide bonds. The second-order valence-corrected chi connectivity index (χ2v) is 4.33. The predicted molar refractivity (Wildman–Crippen MR) is 76.8 cm³/mol. The van der Waals surface area contributed by atoms with E-state index in [0.29, 0.717) is 17.4 Å². The minimum atomic E-state index is 0. The number of rotatable bonds is 2. The van der Waals surface area contributed by atoms with Gasteiger partial charge in [-0.05, 0) is 24.3 Å². The third kappa shape index (κ3) is 2.90. The molecule has 0 atom stereocenters. The van der Waals surface area contributed by atoms with Gasteiger partial charge in [0.05, 0.1) is 11.6 Å². The van der Waals surface area contributed by atoms with Crippen molar-refractivity contribution < 1.29 is 4.52 Å². The molecule has 0 bridgehead atoms. The zero-order valence-electron chi connectivity index (χ0n) is 10.7.